The highest BCUT2D eigenvalue weighted by Gasteiger charge is 2.05. The molecule has 1 aromatic heterocycles. The summed E-state index contributed by atoms with van der Waals surface area (Å²) in [7, 11) is 3.32. The summed E-state index contributed by atoms with van der Waals surface area (Å²) in [5.74, 6) is 0.327. The molecular weight excluding hydrogens is 278 g/mol. The van der Waals surface area contributed by atoms with Crippen molar-refractivity contribution in [3.63, 3.8) is 0 Å². The third-order valence-electron chi connectivity index (χ3n) is 2.33. The van der Waals surface area contributed by atoms with Crippen LogP contribution >= 0.6 is 12.2 Å². The van der Waals surface area contributed by atoms with Crippen LogP contribution in [0.2, 0.25) is 0 Å². The quantitative estimate of drug-likeness (QED) is 0.355. The van der Waals surface area contributed by atoms with E-state index >= 15 is 0 Å². The number of nitrogens with one attached hydrogen (secondary N) is 2. The second-order valence-electron chi connectivity index (χ2n) is 3.96. The molecule has 1 rings (SSSR count). The molecule has 0 spiro atoms. The maximum absolute atomic E-state index is 11.6. The summed E-state index contributed by atoms with van der Waals surface area (Å²) in [5, 5.41) is 4.91. The standard InChI is InChI=1S/C13H19N3O3S/c1-16(13(20)14-8-4-9-18-2)15-12(17)7-6-11-5-3-10-19-11/h3,5-7,10H,4,8-9H2,1-2H3,(H,14,20)(H,15,17)/b7-6+. The molecule has 6 nitrogen and oxygen atoms in total. The van der Waals surface area contributed by atoms with Crippen molar-refractivity contribution in [3.05, 3.63) is 30.2 Å². The van der Waals surface area contributed by atoms with Crippen LogP contribution in [0.1, 0.15) is 12.2 Å². The van der Waals surface area contributed by atoms with Crippen LogP contribution < -0.4 is 10.7 Å². The first kappa shape index (κ1) is 16.2. The lowest BCUT2D eigenvalue weighted by Crippen LogP contribution is -2.47. The highest BCUT2D eigenvalue weighted by molar-refractivity contribution is 7.80. The van der Waals surface area contributed by atoms with Gasteiger partial charge in [-0.1, -0.05) is 0 Å². The number of methoxy groups -OCH3 is 1. The summed E-state index contributed by atoms with van der Waals surface area (Å²) < 4.78 is 10.0. The van der Waals surface area contributed by atoms with E-state index in [-0.39, 0.29) is 5.91 Å². The molecule has 0 fully saturated rings. The van der Waals surface area contributed by atoms with Crippen LogP contribution in [0, 0.1) is 0 Å². The smallest absolute Gasteiger partial charge is 0.262 e. The van der Waals surface area contributed by atoms with Gasteiger partial charge in [-0.3, -0.25) is 15.2 Å². The number of furan rings is 1. The Hall–Kier alpha value is -1.86. The summed E-state index contributed by atoms with van der Waals surface area (Å²) in [4.78, 5) is 11.6. The van der Waals surface area contributed by atoms with Crippen molar-refractivity contribution in [2.75, 3.05) is 27.3 Å². The molecule has 0 saturated heterocycles. The summed E-state index contributed by atoms with van der Waals surface area (Å²) in [6, 6.07) is 3.51. The van der Waals surface area contributed by atoms with Gasteiger partial charge in [-0.15, -0.1) is 0 Å². The molecule has 0 aliphatic carbocycles. The first-order valence-corrected chi connectivity index (χ1v) is 6.57. The van der Waals surface area contributed by atoms with E-state index in [0.717, 1.165) is 6.42 Å². The number of hydrazine groups is 1. The Morgan fingerprint density at radius 1 is 1.60 bits per heavy atom. The molecule has 0 saturated carbocycles. The largest absolute Gasteiger partial charge is 0.465 e. The molecule has 1 amide bonds. The van der Waals surface area contributed by atoms with E-state index < -0.39 is 0 Å². The Bertz CT molecular complexity index is 446. The fourth-order valence-corrected chi connectivity index (χ4v) is 1.48. The zero-order valence-electron chi connectivity index (χ0n) is 11.6. The molecule has 1 heterocycles. The molecule has 0 aromatic carbocycles. The number of ether oxygens (including phenoxy) is 1. The molecule has 0 unspecified atom stereocenters. The van der Waals surface area contributed by atoms with Crippen LogP contribution in [0.15, 0.2) is 28.9 Å². The molecule has 110 valence electrons. The number of hydrogen-bond donors (Lipinski definition) is 2. The van der Waals surface area contributed by atoms with Crippen LogP contribution in [0.3, 0.4) is 0 Å². The number of thiocarbonyl (C=S) groups is 1. The van der Waals surface area contributed by atoms with E-state index in [2.05, 4.69) is 10.7 Å². The Kier molecular flexibility index (Phi) is 7.38. The lowest BCUT2D eigenvalue weighted by atomic mass is 10.4. The van der Waals surface area contributed by atoms with Gasteiger partial charge in [-0.2, -0.15) is 0 Å². The monoisotopic (exact) mass is 297 g/mol. The van der Waals surface area contributed by atoms with Crippen LogP contribution in [0.4, 0.5) is 0 Å². The minimum Gasteiger partial charge on any atom is -0.465 e. The molecule has 0 aliphatic heterocycles. The van der Waals surface area contributed by atoms with Gasteiger partial charge in [0.2, 0.25) is 0 Å². The van der Waals surface area contributed by atoms with Crippen LogP contribution in [0.25, 0.3) is 6.08 Å². The summed E-state index contributed by atoms with van der Waals surface area (Å²) in [6.45, 7) is 1.35. The SMILES string of the molecule is COCCCNC(=S)N(C)NC(=O)/C=C/c1ccco1. The van der Waals surface area contributed by atoms with Gasteiger partial charge in [-0.25, -0.2) is 0 Å². The molecule has 1 aromatic rings. The Balaban J connectivity index is 2.28. The van der Waals surface area contributed by atoms with E-state index in [1.54, 1.807) is 38.6 Å². The molecule has 0 atom stereocenters. The number of rotatable bonds is 6. The van der Waals surface area contributed by atoms with Gasteiger partial charge < -0.3 is 14.5 Å². The predicted octanol–water partition coefficient (Wildman–Crippen LogP) is 1.17. The minimum absolute atomic E-state index is 0.287. The topological polar surface area (TPSA) is 66.7 Å². The summed E-state index contributed by atoms with van der Waals surface area (Å²) in [6.07, 6.45) is 5.35. The highest BCUT2D eigenvalue weighted by atomic mass is 32.1. The molecule has 20 heavy (non-hydrogen) atoms. The predicted molar refractivity (Wildman–Crippen MR) is 80.7 cm³/mol. The van der Waals surface area contributed by atoms with E-state index in [1.165, 1.54) is 11.1 Å². The number of amides is 1. The summed E-state index contributed by atoms with van der Waals surface area (Å²) >= 11 is 5.13. The molecular formula is C13H19N3O3S. The van der Waals surface area contributed by atoms with Crippen molar-refractivity contribution in [2.45, 2.75) is 6.42 Å². The molecule has 2 N–H and O–H groups in total. The molecule has 0 aliphatic rings. The zero-order valence-corrected chi connectivity index (χ0v) is 12.4. The van der Waals surface area contributed by atoms with Crippen LogP contribution in [-0.4, -0.2) is 43.3 Å². The van der Waals surface area contributed by atoms with Crippen LogP contribution in [-0.2, 0) is 9.53 Å². The normalized spacial score (nSPS) is 10.5. The summed E-state index contributed by atoms with van der Waals surface area (Å²) in [5.41, 5.74) is 2.61. The van der Waals surface area contributed by atoms with Gasteiger partial charge in [0.05, 0.1) is 6.26 Å². The van der Waals surface area contributed by atoms with Crippen LogP contribution in [0.5, 0.6) is 0 Å². The lowest BCUT2D eigenvalue weighted by Gasteiger charge is -2.20. The second-order valence-corrected chi connectivity index (χ2v) is 4.35. The van der Waals surface area contributed by atoms with Crippen molar-refractivity contribution in [1.29, 1.82) is 0 Å². The number of carbonyl (C=O) groups is 1. The molecule has 0 bridgehead atoms. The van der Waals surface area contributed by atoms with E-state index in [1.807, 2.05) is 0 Å². The number of hydrogen-bond acceptors (Lipinski definition) is 4. The van der Waals surface area contributed by atoms with Gasteiger partial charge in [0, 0.05) is 33.4 Å². The van der Waals surface area contributed by atoms with E-state index in [4.69, 9.17) is 21.4 Å². The first-order valence-electron chi connectivity index (χ1n) is 6.16. The number of carbonyl (C=O) groups excluding carboxylic acids is 1. The Labute approximate surface area is 123 Å². The Morgan fingerprint density at radius 2 is 2.40 bits per heavy atom. The van der Waals surface area contributed by atoms with Crippen molar-refractivity contribution in [3.8, 4) is 0 Å². The van der Waals surface area contributed by atoms with Crippen molar-refractivity contribution >= 4 is 29.3 Å². The first-order chi connectivity index (χ1) is 9.63. The van der Waals surface area contributed by atoms with Gasteiger partial charge in [0.1, 0.15) is 5.76 Å². The molecule has 7 heteroatoms. The fourth-order valence-electron chi connectivity index (χ4n) is 1.33. The third-order valence-corrected chi connectivity index (χ3v) is 2.74. The third kappa shape index (κ3) is 6.35. The van der Waals surface area contributed by atoms with Crippen molar-refractivity contribution < 1.29 is 13.9 Å². The highest BCUT2D eigenvalue weighted by Crippen LogP contribution is 2.01. The molecule has 0 radical (unpaired) electrons. The van der Waals surface area contributed by atoms with Gasteiger partial charge in [0.15, 0.2) is 5.11 Å². The average molecular weight is 297 g/mol. The van der Waals surface area contributed by atoms with E-state index in [9.17, 15) is 4.79 Å². The minimum atomic E-state index is -0.287. The second kappa shape index (κ2) is 9.11. The maximum atomic E-state index is 11.6. The Morgan fingerprint density at radius 3 is 3.05 bits per heavy atom. The van der Waals surface area contributed by atoms with Gasteiger partial charge in [0.25, 0.3) is 5.91 Å². The van der Waals surface area contributed by atoms with Crippen molar-refractivity contribution in [1.82, 2.24) is 15.8 Å². The van der Waals surface area contributed by atoms with Gasteiger partial charge in [-0.05, 0) is 36.8 Å². The van der Waals surface area contributed by atoms with Gasteiger partial charge >= 0.3 is 0 Å². The fraction of sp³-hybridized carbons (Fsp3) is 0.385. The maximum Gasteiger partial charge on any atom is 0.262 e. The zero-order chi connectivity index (χ0) is 14.8. The van der Waals surface area contributed by atoms with E-state index in [0.29, 0.717) is 24.0 Å². The average Bonchev–Trinajstić information content (AvgIpc) is 2.94. The van der Waals surface area contributed by atoms with Crippen molar-refractivity contribution in [2.24, 2.45) is 0 Å². The lowest BCUT2D eigenvalue weighted by molar-refractivity contribution is -0.119. The number of nitrogens with zero attached hydrogens (tertiary/aromatic N) is 1.